The minimum atomic E-state index is -0.333. The van der Waals surface area contributed by atoms with Gasteiger partial charge >= 0.3 is 5.97 Å². The summed E-state index contributed by atoms with van der Waals surface area (Å²) in [5.41, 5.74) is 7.87. The molecule has 0 spiro atoms. The summed E-state index contributed by atoms with van der Waals surface area (Å²) in [4.78, 5) is 14.1. The Labute approximate surface area is 108 Å². The molecule has 0 amide bonds. The maximum Gasteiger partial charge on any atom is 0.340 e. The molecule has 0 aromatic heterocycles. The van der Waals surface area contributed by atoms with Crippen LogP contribution in [0.1, 0.15) is 37.0 Å². The molecule has 1 aromatic rings. The number of carbonyl (C=O) groups is 1. The minimum Gasteiger partial charge on any atom is -0.465 e. The second-order valence-electron chi connectivity index (χ2n) is 5.34. The molecule has 1 fully saturated rings. The number of rotatable bonds is 2. The zero-order valence-electron chi connectivity index (χ0n) is 11.2. The molecule has 4 nitrogen and oxygen atoms in total. The predicted molar refractivity (Wildman–Crippen MR) is 72.9 cm³/mol. The summed E-state index contributed by atoms with van der Waals surface area (Å²) in [6.45, 7) is 5.34. The van der Waals surface area contributed by atoms with Gasteiger partial charge < -0.3 is 15.4 Å². The third-order valence-corrected chi connectivity index (χ3v) is 3.62. The first kappa shape index (κ1) is 12.7. The third-order valence-electron chi connectivity index (χ3n) is 3.62. The van der Waals surface area contributed by atoms with Gasteiger partial charge in [-0.1, -0.05) is 0 Å². The lowest BCUT2D eigenvalue weighted by Crippen LogP contribution is -2.39. The number of hydrogen-bond donors (Lipinski definition) is 1. The first-order valence-electron chi connectivity index (χ1n) is 6.21. The monoisotopic (exact) mass is 248 g/mol. The molecule has 0 bridgehead atoms. The SMILES string of the molecule is COC(=O)c1cc(N)ccc1N1CCCC1(C)C. The molecule has 0 radical (unpaired) electrons. The van der Waals surface area contributed by atoms with E-state index in [0.717, 1.165) is 25.1 Å². The Morgan fingerprint density at radius 2 is 2.17 bits per heavy atom. The van der Waals surface area contributed by atoms with Crippen LogP contribution in [0.2, 0.25) is 0 Å². The van der Waals surface area contributed by atoms with Crippen LogP contribution in [0.4, 0.5) is 11.4 Å². The van der Waals surface area contributed by atoms with E-state index in [1.54, 1.807) is 6.07 Å². The number of nitrogen functional groups attached to an aromatic ring is 1. The van der Waals surface area contributed by atoms with E-state index >= 15 is 0 Å². The fourth-order valence-electron chi connectivity index (χ4n) is 2.62. The number of hydrogen-bond acceptors (Lipinski definition) is 4. The Morgan fingerprint density at radius 3 is 2.72 bits per heavy atom. The molecular weight excluding hydrogens is 228 g/mol. The zero-order valence-corrected chi connectivity index (χ0v) is 11.2. The van der Waals surface area contributed by atoms with Crippen LogP contribution in [-0.2, 0) is 4.74 Å². The van der Waals surface area contributed by atoms with Crippen molar-refractivity contribution in [2.24, 2.45) is 0 Å². The van der Waals surface area contributed by atoms with E-state index in [9.17, 15) is 4.79 Å². The molecule has 4 heteroatoms. The van der Waals surface area contributed by atoms with Gasteiger partial charge in [0.25, 0.3) is 0 Å². The van der Waals surface area contributed by atoms with E-state index in [-0.39, 0.29) is 11.5 Å². The molecule has 1 heterocycles. The molecule has 1 saturated heterocycles. The van der Waals surface area contributed by atoms with E-state index < -0.39 is 0 Å². The van der Waals surface area contributed by atoms with E-state index in [1.807, 2.05) is 12.1 Å². The highest BCUT2D eigenvalue weighted by Crippen LogP contribution is 2.36. The van der Waals surface area contributed by atoms with Gasteiger partial charge in [0, 0.05) is 17.8 Å². The van der Waals surface area contributed by atoms with Gasteiger partial charge in [-0.05, 0) is 44.9 Å². The number of anilines is 2. The van der Waals surface area contributed by atoms with Gasteiger partial charge in [0.15, 0.2) is 0 Å². The van der Waals surface area contributed by atoms with Crippen molar-refractivity contribution in [2.75, 3.05) is 24.3 Å². The second kappa shape index (κ2) is 4.52. The molecule has 1 aliphatic heterocycles. The highest BCUT2D eigenvalue weighted by atomic mass is 16.5. The van der Waals surface area contributed by atoms with Crippen molar-refractivity contribution in [3.8, 4) is 0 Å². The standard InChI is InChI=1S/C14H20N2O2/c1-14(2)7-4-8-16(14)12-6-5-10(15)9-11(12)13(17)18-3/h5-6,9H,4,7-8,15H2,1-3H3. The number of benzene rings is 1. The summed E-state index contributed by atoms with van der Waals surface area (Å²) < 4.78 is 4.84. The number of nitrogens with two attached hydrogens (primary N) is 1. The highest BCUT2D eigenvalue weighted by molar-refractivity contribution is 5.97. The molecule has 0 unspecified atom stereocenters. The van der Waals surface area contributed by atoms with Crippen molar-refractivity contribution in [3.63, 3.8) is 0 Å². The van der Waals surface area contributed by atoms with Gasteiger partial charge in [-0.3, -0.25) is 0 Å². The summed E-state index contributed by atoms with van der Waals surface area (Å²) >= 11 is 0. The van der Waals surface area contributed by atoms with Gasteiger partial charge in [-0.15, -0.1) is 0 Å². The van der Waals surface area contributed by atoms with Gasteiger partial charge in [0.05, 0.1) is 18.4 Å². The Balaban J connectivity index is 2.47. The fraction of sp³-hybridized carbons (Fsp3) is 0.500. The molecule has 0 aliphatic carbocycles. The molecule has 2 N–H and O–H groups in total. The van der Waals surface area contributed by atoms with Crippen LogP contribution in [0, 0.1) is 0 Å². The van der Waals surface area contributed by atoms with Crippen molar-refractivity contribution in [1.29, 1.82) is 0 Å². The maximum atomic E-state index is 11.8. The lowest BCUT2D eigenvalue weighted by atomic mass is 10.0. The predicted octanol–water partition coefficient (Wildman–Crippen LogP) is 2.43. The first-order chi connectivity index (χ1) is 8.45. The van der Waals surface area contributed by atoms with Gasteiger partial charge in [0.1, 0.15) is 0 Å². The highest BCUT2D eigenvalue weighted by Gasteiger charge is 2.34. The summed E-state index contributed by atoms with van der Waals surface area (Å²) in [6, 6.07) is 5.43. The van der Waals surface area contributed by atoms with Crippen LogP contribution in [0.15, 0.2) is 18.2 Å². The van der Waals surface area contributed by atoms with Crippen molar-refractivity contribution in [2.45, 2.75) is 32.2 Å². The molecule has 1 aromatic carbocycles. The largest absolute Gasteiger partial charge is 0.465 e. The molecule has 2 rings (SSSR count). The van der Waals surface area contributed by atoms with Crippen LogP contribution in [0.5, 0.6) is 0 Å². The second-order valence-corrected chi connectivity index (χ2v) is 5.34. The Hall–Kier alpha value is -1.71. The third kappa shape index (κ3) is 2.15. The smallest absolute Gasteiger partial charge is 0.340 e. The Kier molecular flexibility index (Phi) is 3.20. The average molecular weight is 248 g/mol. The number of ether oxygens (including phenoxy) is 1. The van der Waals surface area contributed by atoms with Gasteiger partial charge in [0.2, 0.25) is 0 Å². The average Bonchev–Trinajstić information content (AvgIpc) is 2.68. The Bertz CT molecular complexity index is 469. The van der Waals surface area contributed by atoms with Crippen molar-refractivity contribution < 1.29 is 9.53 Å². The van der Waals surface area contributed by atoms with E-state index in [1.165, 1.54) is 7.11 Å². The lowest BCUT2D eigenvalue weighted by molar-refractivity contribution is 0.0601. The van der Waals surface area contributed by atoms with Crippen molar-refractivity contribution in [3.05, 3.63) is 23.8 Å². The van der Waals surface area contributed by atoms with E-state index in [4.69, 9.17) is 10.5 Å². The lowest BCUT2D eigenvalue weighted by Gasteiger charge is -2.34. The van der Waals surface area contributed by atoms with Gasteiger partial charge in [-0.25, -0.2) is 4.79 Å². The molecule has 98 valence electrons. The van der Waals surface area contributed by atoms with Crippen LogP contribution in [0.25, 0.3) is 0 Å². The summed E-state index contributed by atoms with van der Waals surface area (Å²) in [6.07, 6.45) is 2.26. The summed E-state index contributed by atoms with van der Waals surface area (Å²) in [5.74, 6) is -0.333. The molecule has 0 atom stereocenters. The summed E-state index contributed by atoms with van der Waals surface area (Å²) in [7, 11) is 1.39. The van der Waals surface area contributed by atoms with Gasteiger partial charge in [-0.2, -0.15) is 0 Å². The van der Waals surface area contributed by atoms with E-state index in [0.29, 0.717) is 11.3 Å². The zero-order chi connectivity index (χ0) is 13.3. The normalized spacial score (nSPS) is 17.8. The maximum absolute atomic E-state index is 11.8. The molecule has 1 aliphatic rings. The Morgan fingerprint density at radius 1 is 1.44 bits per heavy atom. The number of nitrogens with zero attached hydrogens (tertiary/aromatic N) is 1. The van der Waals surface area contributed by atoms with Crippen molar-refractivity contribution >= 4 is 17.3 Å². The van der Waals surface area contributed by atoms with Crippen molar-refractivity contribution in [1.82, 2.24) is 0 Å². The summed E-state index contributed by atoms with van der Waals surface area (Å²) in [5, 5.41) is 0. The fourth-order valence-corrected chi connectivity index (χ4v) is 2.62. The number of carbonyl (C=O) groups excluding carboxylic acids is 1. The topological polar surface area (TPSA) is 55.6 Å². The first-order valence-corrected chi connectivity index (χ1v) is 6.21. The van der Waals surface area contributed by atoms with Crippen LogP contribution in [0.3, 0.4) is 0 Å². The minimum absolute atomic E-state index is 0.0683. The number of esters is 1. The number of methoxy groups -OCH3 is 1. The van der Waals surface area contributed by atoms with Crippen LogP contribution in [-0.4, -0.2) is 25.2 Å². The quantitative estimate of drug-likeness (QED) is 0.645. The molecule has 18 heavy (non-hydrogen) atoms. The van der Waals surface area contributed by atoms with E-state index in [2.05, 4.69) is 18.7 Å². The van der Waals surface area contributed by atoms with Crippen LogP contribution < -0.4 is 10.6 Å². The molecular formula is C14H20N2O2. The van der Waals surface area contributed by atoms with Crippen LogP contribution >= 0.6 is 0 Å². The molecule has 0 saturated carbocycles.